The Kier molecular flexibility index (Phi) is 7.48. The molecule has 1 aliphatic rings. The maximum atomic E-state index is 5.71. The summed E-state index contributed by atoms with van der Waals surface area (Å²) in [5.74, 6) is 3.39. The van der Waals surface area contributed by atoms with Gasteiger partial charge in [0.25, 0.3) is 0 Å². The lowest BCUT2D eigenvalue weighted by Crippen LogP contribution is -2.31. The van der Waals surface area contributed by atoms with Crippen molar-refractivity contribution < 1.29 is 4.74 Å². The number of ether oxygens (including phenoxy) is 1. The number of nitrogens with zero attached hydrogens (tertiary/aromatic N) is 3. The molecular formula is C22H33N5O. The monoisotopic (exact) mass is 383 g/mol. The third kappa shape index (κ3) is 5.83. The van der Waals surface area contributed by atoms with Gasteiger partial charge < -0.3 is 20.3 Å². The van der Waals surface area contributed by atoms with Crippen molar-refractivity contribution in [2.75, 3.05) is 37.5 Å². The van der Waals surface area contributed by atoms with Crippen LogP contribution in [0.25, 0.3) is 0 Å². The minimum absolute atomic E-state index is 0.465. The van der Waals surface area contributed by atoms with E-state index in [1.807, 2.05) is 50.3 Å². The van der Waals surface area contributed by atoms with Gasteiger partial charge in [-0.05, 0) is 57.2 Å². The first kappa shape index (κ1) is 20.4. The molecule has 1 aromatic heterocycles. The number of rotatable bonds is 9. The van der Waals surface area contributed by atoms with Crippen molar-refractivity contribution in [1.29, 1.82) is 0 Å². The van der Waals surface area contributed by atoms with Gasteiger partial charge in [0, 0.05) is 38.4 Å². The first-order valence-corrected chi connectivity index (χ1v) is 10.3. The van der Waals surface area contributed by atoms with Gasteiger partial charge in [0.2, 0.25) is 5.95 Å². The molecule has 0 bridgehead atoms. The summed E-state index contributed by atoms with van der Waals surface area (Å²) >= 11 is 0. The standard InChI is InChI=1S/C22H33N5O/c1-4-28-20-8-6-5-7-18(20)16-23-15-17-9-11-19(12-10-17)25-22-24-14-13-21(26-22)27(2)3/h5-8,13-14,17,19,23H,4,9-12,15-16H2,1-3H3,(H,24,25,26). The van der Waals surface area contributed by atoms with E-state index in [9.17, 15) is 0 Å². The van der Waals surface area contributed by atoms with Crippen LogP contribution >= 0.6 is 0 Å². The van der Waals surface area contributed by atoms with E-state index in [1.54, 1.807) is 0 Å². The molecule has 0 spiro atoms. The second kappa shape index (κ2) is 10.3. The summed E-state index contributed by atoms with van der Waals surface area (Å²) in [7, 11) is 3.99. The number of para-hydroxylation sites is 1. The van der Waals surface area contributed by atoms with E-state index in [4.69, 9.17) is 4.74 Å². The SMILES string of the molecule is CCOc1ccccc1CNCC1CCC(Nc2nccc(N(C)C)n2)CC1. The lowest BCUT2D eigenvalue weighted by molar-refractivity contribution is 0.318. The fourth-order valence-corrected chi connectivity index (χ4v) is 3.72. The largest absolute Gasteiger partial charge is 0.494 e. The van der Waals surface area contributed by atoms with Gasteiger partial charge in [-0.2, -0.15) is 4.98 Å². The molecule has 0 atom stereocenters. The zero-order valence-electron chi connectivity index (χ0n) is 17.3. The number of anilines is 2. The Balaban J connectivity index is 1.40. The van der Waals surface area contributed by atoms with Crippen LogP contribution in [0, 0.1) is 5.92 Å². The van der Waals surface area contributed by atoms with Crippen LogP contribution < -0.4 is 20.3 Å². The van der Waals surface area contributed by atoms with Gasteiger partial charge >= 0.3 is 0 Å². The number of hydrogen-bond donors (Lipinski definition) is 2. The van der Waals surface area contributed by atoms with Crippen LogP contribution in [0.1, 0.15) is 38.2 Å². The Morgan fingerprint density at radius 3 is 2.64 bits per heavy atom. The second-order valence-electron chi connectivity index (χ2n) is 7.67. The van der Waals surface area contributed by atoms with E-state index in [0.717, 1.165) is 49.4 Å². The van der Waals surface area contributed by atoms with Crippen LogP contribution in [0.5, 0.6) is 5.75 Å². The molecule has 1 fully saturated rings. The Labute approximate surface area is 168 Å². The molecule has 152 valence electrons. The summed E-state index contributed by atoms with van der Waals surface area (Å²) in [6.45, 7) is 4.65. The Hall–Kier alpha value is -2.34. The molecule has 0 aliphatic heterocycles. The maximum absolute atomic E-state index is 5.71. The molecule has 0 unspecified atom stereocenters. The zero-order valence-corrected chi connectivity index (χ0v) is 17.3. The van der Waals surface area contributed by atoms with Crippen molar-refractivity contribution in [3.05, 3.63) is 42.1 Å². The first-order valence-electron chi connectivity index (χ1n) is 10.3. The average Bonchev–Trinajstić information content (AvgIpc) is 2.71. The molecule has 28 heavy (non-hydrogen) atoms. The average molecular weight is 384 g/mol. The van der Waals surface area contributed by atoms with E-state index in [2.05, 4.69) is 32.7 Å². The van der Waals surface area contributed by atoms with Gasteiger partial charge in [-0.3, -0.25) is 0 Å². The summed E-state index contributed by atoms with van der Waals surface area (Å²) in [5, 5.41) is 7.14. The fourth-order valence-electron chi connectivity index (χ4n) is 3.72. The highest BCUT2D eigenvalue weighted by Gasteiger charge is 2.21. The van der Waals surface area contributed by atoms with E-state index in [0.29, 0.717) is 12.6 Å². The Morgan fingerprint density at radius 1 is 1.11 bits per heavy atom. The van der Waals surface area contributed by atoms with Crippen molar-refractivity contribution in [3.63, 3.8) is 0 Å². The van der Waals surface area contributed by atoms with Crippen molar-refractivity contribution in [2.45, 2.75) is 45.2 Å². The van der Waals surface area contributed by atoms with E-state index in [-0.39, 0.29) is 0 Å². The summed E-state index contributed by atoms with van der Waals surface area (Å²) in [4.78, 5) is 10.9. The molecule has 1 aliphatic carbocycles. The smallest absolute Gasteiger partial charge is 0.224 e. The molecule has 0 amide bonds. The molecule has 2 N–H and O–H groups in total. The van der Waals surface area contributed by atoms with Crippen molar-refractivity contribution >= 4 is 11.8 Å². The lowest BCUT2D eigenvalue weighted by atomic mass is 9.86. The molecule has 1 heterocycles. The first-order chi connectivity index (χ1) is 13.7. The van der Waals surface area contributed by atoms with Crippen LogP contribution in [0.2, 0.25) is 0 Å². The summed E-state index contributed by atoms with van der Waals surface area (Å²) in [5.41, 5.74) is 1.23. The molecular weight excluding hydrogens is 350 g/mol. The number of aromatic nitrogens is 2. The third-order valence-corrected chi connectivity index (χ3v) is 5.30. The van der Waals surface area contributed by atoms with Crippen LogP contribution in [-0.4, -0.2) is 43.3 Å². The van der Waals surface area contributed by atoms with E-state index >= 15 is 0 Å². The van der Waals surface area contributed by atoms with Gasteiger partial charge in [-0.1, -0.05) is 18.2 Å². The molecule has 6 nitrogen and oxygen atoms in total. The molecule has 0 saturated heterocycles. The topological polar surface area (TPSA) is 62.3 Å². The molecule has 3 rings (SSSR count). The van der Waals surface area contributed by atoms with Gasteiger partial charge in [0.1, 0.15) is 11.6 Å². The Morgan fingerprint density at radius 2 is 1.89 bits per heavy atom. The zero-order chi connectivity index (χ0) is 19.8. The minimum atomic E-state index is 0.465. The summed E-state index contributed by atoms with van der Waals surface area (Å²) in [6.07, 6.45) is 6.60. The van der Waals surface area contributed by atoms with Crippen LogP contribution in [0.15, 0.2) is 36.5 Å². The van der Waals surface area contributed by atoms with E-state index in [1.165, 1.54) is 18.4 Å². The normalized spacial score (nSPS) is 19.2. The van der Waals surface area contributed by atoms with E-state index < -0.39 is 0 Å². The summed E-state index contributed by atoms with van der Waals surface area (Å²) < 4.78 is 5.71. The predicted octanol–water partition coefficient (Wildman–Crippen LogP) is 3.70. The highest BCUT2D eigenvalue weighted by atomic mass is 16.5. The van der Waals surface area contributed by atoms with Crippen molar-refractivity contribution in [3.8, 4) is 5.75 Å². The quantitative estimate of drug-likeness (QED) is 0.688. The van der Waals surface area contributed by atoms with Gasteiger partial charge in [0.05, 0.1) is 6.61 Å². The number of nitrogens with one attached hydrogen (secondary N) is 2. The Bertz CT molecular complexity index is 728. The van der Waals surface area contributed by atoms with Crippen LogP contribution in [0.3, 0.4) is 0 Å². The summed E-state index contributed by atoms with van der Waals surface area (Å²) in [6, 6.07) is 10.7. The van der Waals surface area contributed by atoms with Crippen LogP contribution in [-0.2, 0) is 6.54 Å². The fraction of sp³-hybridized carbons (Fsp3) is 0.545. The van der Waals surface area contributed by atoms with Gasteiger partial charge in [-0.25, -0.2) is 4.98 Å². The van der Waals surface area contributed by atoms with Gasteiger partial charge in [-0.15, -0.1) is 0 Å². The van der Waals surface area contributed by atoms with Crippen molar-refractivity contribution in [2.24, 2.45) is 5.92 Å². The van der Waals surface area contributed by atoms with Gasteiger partial charge in [0.15, 0.2) is 0 Å². The molecule has 0 radical (unpaired) electrons. The van der Waals surface area contributed by atoms with Crippen molar-refractivity contribution in [1.82, 2.24) is 15.3 Å². The number of benzene rings is 1. The lowest BCUT2D eigenvalue weighted by Gasteiger charge is -2.29. The highest BCUT2D eigenvalue weighted by Crippen LogP contribution is 2.26. The van der Waals surface area contributed by atoms with Crippen LogP contribution in [0.4, 0.5) is 11.8 Å². The third-order valence-electron chi connectivity index (χ3n) is 5.30. The minimum Gasteiger partial charge on any atom is -0.494 e. The molecule has 1 saturated carbocycles. The second-order valence-corrected chi connectivity index (χ2v) is 7.67. The maximum Gasteiger partial charge on any atom is 0.224 e. The highest BCUT2D eigenvalue weighted by molar-refractivity contribution is 5.41. The number of hydrogen-bond acceptors (Lipinski definition) is 6. The molecule has 6 heteroatoms. The molecule has 1 aromatic carbocycles. The predicted molar refractivity (Wildman–Crippen MR) is 115 cm³/mol. The molecule has 2 aromatic rings.